The van der Waals surface area contributed by atoms with Crippen molar-refractivity contribution < 1.29 is 4.79 Å². The smallest absolute Gasteiger partial charge is 0.257 e. The summed E-state index contributed by atoms with van der Waals surface area (Å²) in [7, 11) is 0. The zero-order valence-corrected chi connectivity index (χ0v) is 16.8. The Balaban J connectivity index is 1.59. The lowest BCUT2D eigenvalue weighted by Gasteiger charge is -2.36. The summed E-state index contributed by atoms with van der Waals surface area (Å²) in [6, 6.07) is 14.7. The Morgan fingerprint density at radius 3 is 2.44 bits per heavy atom. The van der Waals surface area contributed by atoms with E-state index in [2.05, 4.69) is 27.4 Å². The summed E-state index contributed by atoms with van der Waals surface area (Å²) in [5.41, 5.74) is 2.33. The Morgan fingerprint density at radius 1 is 1.11 bits per heavy atom. The van der Waals surface area contributed by atoms with Gasteiger partial charge < -0.3 is 15.1 Å². The second-order valence-corrected chi connectivity index (χ2v) is 7.18. The first kappa shape index (κ1) is 19.6. The van der Waals surface area contributed by atoms with Crippen LogP contribution in [0.2, 0.25) is 5.02 Å². The molecule has 7 heteroatoms. The number of halogens is 1. The predicted octanol–water partition coefficient (Wildman–Crippen LogP) is 3.61. The molecule has 3 rings (SSSR count). The number of carbonyl (C=O) groups excluding carboxylic acids is 1. The van der Waals surface area contributed by atoms with Gasteiger partial charge in [0.25, 0.3) is 5.91 Å². The van der Waals surface area contributed by atoms with Crippen molar-refractivity contribution in [2.45, 2.75) is 6.92 Å². The van der Waals surface area contributed by atoms with Gasteiger partial charge in [-0.15, -0.1) is 0 Å². The second kappa shape index (κ2) is 9.17. The van der Waals surface area contributed by atoms with E-state index in [1.54, 1.807) is 12.1 Å². The molecule has 27 heavy (non-hydrogen) atoms. The molecule has 0 radical (unpaired) electrons. The van der Waals surface area contributed by atoms with Crippen LogP contribution in [0, 0.1) is 0 Å². The summed E-state index contributed by atoms with van der Waals surface area (Å²) in [4.78, 5) is 16.9. The average molecular weight is 403 g/mol. The van der Waals surface area contributed by atoms with Crippen molar-refractivity contribution in [3.63, 3.8) is 0 Å². The molecular formula is C20H23ClN4OS. The molecule has 1 saturated heterocycles. The van der Waals surface area contributed by atoms with Gasteiger partial charge >= 0.3 is 0 Å². The topological polar surface area (TPSA) is 47.6 Å². The van der Waals surface area contributed by atoms with Crippen LogP contribution in [0.5, 0.6) is 0 Å². The predicted molar refractivity (Wildman–Crippen MR) is 116 cm³/mol. The minimum atomic E-state index is -0.246. The maximum atomic E-state index is 12.1. The normalized spacial score (nSPS) is 14.7. The van der Waals surface area contributed by atoms with Gasteiger partial charge in [0, 0.05) is 37.4 Å². The van der Waals surface area contributed by atoms with Gasteiger partial charge in [-0.3, -0.25) is 10.1 Å². The summed E-state index contributed by atoms with van der Waals surface area (Å²) in [6.45, 7) is 7.28. The van der Waals surface area contributed by atoms with Crippen LogP contribution >= 0.6 is 23.8 Å². The Bertz CT molecular complexity index is 807. The molecule has 2 aromatic carbocycles. The monoisotopic (exact) mass is 402 g/mol. The number of nitrogens with one attached hydrogen (secondary N) is 2. The minimum absolute atomic E-state index is 0.240. The molecule has 5 nitrogen and oxygen atoms in total. The third-order valence-electron chi connectivity index (χ3n) is 4.63. The number of nitrogens with zero attached hydrogens (tertiary/aromatic N) is 2. The summed E-state index contributed by atoms with van der Waals surface area (Å²) >= 11 is 11.7. The Hall–Kier alpha value is -2.15. The number of anilines is 2. The van der Waals surface area contributed by atoms with Crippen molar-refractivity contribution in [2.24, 2.45) is 0 Å². The van der Waals surface area contributed by atoms with E-state index in [4.69, 9.17) is 23.8 Å². The van der Waals surface area contributed by atoms with Crippen molar-refractivity contribution in [2.75, 3.05) is 42.9 Å². The minimum Gasteiger partial charge on any atom is -0.368 e. The molecule has 1 fully saturated rings. The number of hydrogen-bond donors (Lipinski definition) is 2. The van der Waals surface area contributed by atoms with E-state index < -0.39 is 0 Å². The summed E-state index contributed by atoms with van der Waals surface area (Å²) in [6.07, 6.45) is 0. The number of carbonyl (C=O) groups is 1. The highest BCUT2D eigenvalue weighted by Gasteiger charge is 2.18. The van der Waals surface area contributed by atoms with Gasteiger partial charge in [-0.25, -0.2) is 0 Å². The molecule has 0 bridgehead atoms. The molecule has 2 aromatic rings. The van der Waals surface area contributed by atoms with Gasteiger partial charge in [0.05, 0.1) is 10.7 Å². The first-order valence-electron chi connectivity index (χ1n) is 9.01. The second-order valence-electron chi connectivity index (χ2n) is 6.36. The first-order valence-corrected chi connectivity index (χ1v) is 9.79. The van der Waals surface area contributed by atoms with E-state index in [0.717, 1.165) is 44.1 Å². The molecule has 1 amide bonds. The Kier molecular flexibility index (Phi) is 6.66. The number of hydrogen-bond acceptors (Lipinski definition) is 4. The third kappa shape index (κ3) is 5.19. The Labute approximate surface area is 170 Å². The van der Waals surface area contributed by atoms with Crippen LogP contribution in [0.15, 0.2) is 48.5 Å². The maximum Gasteiger partial charge on any atom is 0.257 e. The van der Waals surface area contributed by atoms with Crippen LogP contribution in [0.1, 0.15) is 17.3 Å². The van der Waals surface area contributed by atoms with Crippen LogP contribution in [-0.4, -0.2) is 48.6 Å². The van der Waals surface area contributed by atoms with Crippen molar-refractivity contribution in [1.82, 2.24) is 10.2 Å². The fourth-order valence-electron chi connectivity index (χ4n) is 3.07. The average Bonchev–Trinajstić information content (AvgIpc) is 2.69. The van der Waals surface area contributed by atoms with E-state index in [1.807, 2.05) is 36.4 Å². The fourth-order valence-corrected chi connectivity index (χ4v) is 3.58. The van der Waals surface area contributed by atoms with Gasteiger partial charge in [-0.05, 0) is 49.1 Å². The number of benzene rings is 2. The number of piperazine rings is 1. The van der Waals surface area contributed by atoms with E-state index in [1.165, 1.54) is 0 Å². The summed E-state index contributed by atoms with van der Waals surface area (Å²) < 4.78 is 0. The van der Waals surface area contributed by atoms with E-state index in [0.29, 0.717) is 10.6 Å². The number of rotatable bonds is 4. The summed E-state index contributed by atoms with van der Waals surface area (Å²) in [5, 5.41) is 6.60. The van der Waals surface area contributed by atoms with Crippen molar-refractivity contribution in [3.8, 4) is 0 Å². The molecule has 2 N–H and O–H groups in total. The van der Waals surface area contributed by atoms with Crippen LogP contribution in [0.3, 0.4) is 0 Å². The van der Waals surface area contributed by atoms with E-state index in [-0.39, 0.29) is 11.0 Å². The zero-order valence-electron chi connectivity index (χ0n) is 15.2. The molecule has 0 saturated carbocycles. The van der Waals surface area contributed by atoms with E-state index in [9.17, 15) is 4.79 Å². The first-order chi connectivity index (χ1) is 13.1. The maximum absolute atomic E-state index is 12.1. The molecule has 1 aliphatic heterocycles. The van der Waals surface area contributed by atoms with Gasteiger partial charge in [-0.2, -0.15) is 0 Å². The molecule has 0 atom stereocenters. The molecule has 0 aromatic heterocycles. The summed E-state index contributed by atoms with van der Waals surface area (Å²) in [5.74, 6) is -0.246. The lowest BCUT2D eigenvalue weighted by Crippen LogP contribution is -2.46. The standard InChI is InChI=1S/C20H23ClN4OS/c1-2-24-10-12-25(13-11-24)18-9-8-16(14-17(18)21)22-20(27)23-19(26)15-6-4-3-5-7-15/h3-9,14H,2,10-13H2,1H3,(H2,22,23,26,27). The molecule has 1 heterocycles. The molecule has 0 aliphatic carbocycles. The van der Waals surface area contributed by atoms with Crippen molar-refractivity contribution in [3.05, 3.63) is 59.1 Å². The largest absolute Gasteiger partial charge is 0.368 e. The molecule has 0 spiro atoms. The van der Waals surface area contributed by atoms with Crippen LogP contribution in [-0.2, 0) is 0 Å². The highest BCUT2D eigenvalue weighted by Crippen LogP contribution is 2.29. The molecule has 142 valence electrons. The van der Waals surface area contributed by atoms with E-state index >= 15 is 0 Å². The lowest BCUT2D eigenvalue weighted by atomic mass is 10.2. The Morgan fingerprint density at radius 2 is 1.81 bits per heavy atom. The number of likely N-dealkylation sites (N-methyl/N-ethyl adjacent to an activating group) is 1. The van der Waals surface area contributed by atoms with Gasteiger partial charge in [0.1, 0.15) is 0 Å². The fraction of sp³-hybridized carbons (Fsp3) is 0.300. The SMILES string of the molecule is CCN1CCN(c2ccc(NC(=S)NC(=O)c3ccccc3)cc2Cl)CC1. The number of thiocarbonyl (C=S) groups is 1. The zero-order chi connectivity index (χ0) is 19.2. The van der Waals surface area contributed by atoms with Gasteiger partial charge in [0.15, 0.2) is 5.11 Å². The van der Waals surface area contributed by atoms with Crippen molar-refractivity contribution in [1.29, 1.82) is 0 Å². The molecular weight excluding hydrogens is 380 g/mol. The van der Waals surface area contributed by atoms with Gasteiger partial charge in [-0.1, -0.05) is 36.7 Å². The molecule has 0 unspecified atom stereocenters. The van der Waals surface area contributed by atoms with Crippen LogP contribution in [0.25, 0.3) is 0 Å². The highest BCUT2D eigenvalue weighted by molar-refractivity contribution is 7.80. The van der Waals surface area contributed by atoms with Crippen LogP contribution < -0.4 is 15.5 Å². The molecule has 1 aliphatic rings. The van der Waals surface area contributed by atoms with Crippen LogP contribution in [0.4, 0.5) is 11.4 Å². The highest BCUT2D eigenvalue weighted by atomic mass is 35.5. The third-order valence-corrected chi connectivity index (χ3v) is 5.14. The van der Waals surface area contributed by atoms with Gasteiger partial charge in [0.2, 0.25) is 0 Å². The quantitative estimate of drug-likeness (QED) is 0.765. The number of amides is 1. The van der Waals surface area contributed by atoms with Crippen molar-refractivity contribution >= 4 is 46.2 Å². The lowest BCUT2D eigenvalue weighted by molar-refractivity contribution is 0.0977.